The van der Waals surface area contributed by atoms with Gasteiger partial charge in [-0.15, -0.1) is 22.0 Å². The number of aromatic amines is 1. The molecule has 2 unspecified atom stereocenters. The lowest BCUT2D eigenvalue weighted by molar-refractivity contribution is -0.150. The number of urea groups is 1. The molecule has 0 saturated carbocycles. The van der Waals surface area contributed by atoms with Gasteiger partial charge in [0.15, 0.2) is 5.01 Å². The maximum absolute atomic E-state index is 13.9. The number of benzene rings is 1. The van der Waals surface area contributed by atoms with Crippen LogP contribution in [0, 0.1) is 13.8 Å². The number of carbonyl (C=O) groups excluding carboxylic acids is 4. The molecule has 49 heavy (non-hydrogen) atoms. The van der Waals surface area contributed by atoms with Gasteiger partial charge in [0.2, 0.25) is 11.3 Å². The molecule has 0 radical (unpaired) electrons. The van der Waals surface area contributed by atoms with Crippen molar-refractivity contribution in [2.24, 2.45) is 5.73 Å². The first kappa shape index (κ1) is 33.4. The molecular formula is C30H25N9O7S3. The van der Waals surface area contributed by atoms with Gasteiger partial charge in [0.25, 0.3) is 11.8 Å². The monoisotopic (exact) mass is 719 g/mol. The molecule has 5 heterocycles. The number of hydrogen-bond donors (Lipinski definition) is 6. The number of aromatic nitrogens is 4. The van der Waals surface area contributed by atoms with E-state index in [4.69, 9.17) is 18.0 Å². The molecule has 6 rings (SSSR count). The highest BCUT2D eigenvalue weighted by Crippen LogP contribution is 2.41. The normalized spacial score (nSPS) is 17.5. The number of rotatable bonds is 9. The van der Waals surface area contributed by atoms with Crippen molar-refractivity contribution < 1.29 is 29.1 Å². The van der Waals surface area contributed by atoms with Crippen molar-refractivity contribution in [3.8, 4) is 0 Å². The van der Waals surface area contributed by atoms with Crippen LogP contribution < -0.4 is 27.1 Å². The number of pyridine rings is 2. The van der Waals surface area contributed by atoms with E-state index in [0.717, 1.165) is 4.90 Å². The van der Waals surface area contributed by atoms with Gasteiger partial charge < -0.3 is 31.8 Å². The van der Waals surface area contributed by atoms with E-state index in [9.17, 15) is 33.9 Å². The van der Waals surface area contributed by atoms with Crippen molar-refractivity contribution in [1.82, 2.24) is 35.7 Å². The van der Waals surface area contributed by atoms with Gasteiger partial charge in [0, 0.05) is 28.9 Å². The van der Waals surface area contributed by atoms with E-state index in [1.165, 1.54) is 59.6 Å². The van der Waals surface area contributed by atoms with Crippen LogP contribution in [0.3, 0.4) is 0 Å². The van der Waals surface area contributed by atoms with Gasteiger partial charge in [-0.05, 0) is 43.7 Å². The number of carboxylic acids is 1. The molecule has 0 spiro atoms. The van der Waals surface area contributed by atoms with E-state index in [1.807, 2.05) is 0 Å². The van der Waals surface area contributed by atoms with Crippen molar-refractivity contribution in [2.75, 3.05) is 11.1 Å². The Hall–Kier alpha value is -5.53. The SMILES string of the molecule is Cc1ccc2c(=O)c(C(=O)NC(C(=O)NC3C(=O)N4C(C(=O)O)=C(C(=S)c5nnc(C)s5)CS[C@@H]34)c3ccc(NC(N)=O)cc3)c[nH]c2n1. The Morgan fingerprint density at radius 2 is 1.84 bits per heavy atom. The fraction of sp³-hybridized carbons (Fsp3) is 0.200. The number of aliphatic carboxylic acids is 1. The Bertz CT molecular complexity index is 2180. The first-order chi connectivity index (χ1) is 23.3. The summed E-state index contributed by atoms with van der Waals surface area (Å²) in [6.45, 7) is 3.48. The van der Waals surface area contributed by atoms with Crippen LogP contribution in [0.5, 0.6) is 0 Å². The van der Waals surface area contributed by atoms with Crippen LogP contribution >= 0.6 is 35.3 Å². The molecule has 5 amide bonds. The highest BCUT2D eigenvalue weighted by molar-refractivity contribution is 8.00. The molecule has 0 bridgehead atoms. The summed E-state index contributed by atoms with van der Waals surface area (Å²) in [4.78, 5) is 86.0. The summed E-state index contributed by atoms with van der Waals surface area (Å²) in [5, 5.41) is 26.0. The molecule has 3 atom stereocenters. The first-order valence-corrected chi connectivity index (χ1v) is 16.6. The largest absolute Gasteiger partial charge is 0.477 e. The van der Waals surface area contributed by atoms with E-state index < -0.39 is 52.6 Å². The predicted octanol–water partition coefficient (Wildman–Crippen LogP) is 1.51. The van der Waals surface area contributed by atoms with Crippen LogP contribution in [0.4, 0.5) is 10.5 Å². The van der Waals surface area contributed by atoms with E-state index in [2.05, 4.69) is 36.1 Å². The van der Waals surface area contributed by atoms with Gasteiger partial charge in [-0.25, -0.2) is 14.6 Å². The molecule has 1 saturated heterocycles. The highest BCUT2D eigenvalue weighted by Gasteiger charge is 2.55. The summed E-state index contributed by atoms with van der Waals surface area (Å²) in [5.74, 6) is -3.66. The highest BCUT2D eigenvalue weighted by atomic mass is 32.2. The topological polar surface area (TPSA) is 242 Å². The second-order valence-electron chi connectivity index (χ2n) is 10.9. The van der Waals surface area contributed by atoms with Gasteiger partial charge in [0.05, 0.1) is 10.3 Å². The van der Waals surface area contributed by atoms with Crippen molar-refractivity contribution in [1.29, 1.82) is 0 Å². The predicted molar refractivity (Wildman–Crippen MR) is 183 cm³/mol. The molecule has 19 heteroatoms. The van der Waals surface area contributed by atoms with Crippen molar-refractivity contribution in [3.05, 3.63) is 90.9 Å². The average molecular weight is 720 g/mol. The Morgan fingerprint density at radius 1 is 1.10 bits per heavy atom. The third kappa shape index (κ3) is 6.37. The molecule has 1 fully saturated rings. The van der Waals surface area contributed by atoms with Crippen LogP contribution in [0.25, 0.3) is 11.0 Å². The molecule has 250 valence electrons. The van der Waals surface area contributed by atoms with Crippen LogP contribution in [0.2, 0.25) is 0 Å². The van der Waals surface area contributed by atoms with Crippen LogP contribution in [0.15, 0.2) is 58.7 Å². The fourth-order valence-corrected chi connectivity index (χ4v) is 7.77. The summed E-state index contributed by atoms with van der Waals surface area (Å²) < 4.78 is 0. The Labute approximate surface area is 289 Å². The molecular weight excluding hydrogens is 695 g/mol. The number of nitrogens with two attached hydrogens (primary N) is 1. The van der Waals surface area contributed by atoms with Gasteiger partial charge >= 0.3 is 12.0 Å². The van der Waals surface area contributed by atoms with Gasteiger partial charge in [-0.2, -0.15) is 0 Å². The number of H-pyrrole nitrogens is 1. The van der Waals surface area contributed by atoms with Gasteiger partial charge in [0.1, 0.15) is 39.4 Å². The molecule has 0 aliphatic carbocycles. The zero-order valence-electron chi connectivity index (χ0n) is 25.5. The van der Waals surface area contributed by atoms with Crippen molar-refractivity contribution in [2.45, 2.75) is 31.3 Å². The van der Waals surface area contributed by atoms with E-state index in [-0.39, 0.29) is 44.0 Å². The smallest absolute Gasteiger partial charge is 0.353 e. The van der Waals surface area contributed by atoms with Crippen molar-refractivity contribution in [3.63, 3.8) is 0 Å². The van der Waals surface area contributed by atoms with E-state index in [0.29, 0.717) is 21.4 Å². The molecule has 2 aliphatic rings. The van der Waals surface area contributed by atoms with Gasteiger partial charge in [-0.3, -0.25) is 24.1 Å². The number of carboxylic acid groups (broad SMARTS) is 1. The minimum Gasteiger partial charge on any atom is -0.477 e. The summed E-state index contributed by atoms with van der Waals surface area (Å²) in [7, 11) is 0. The second-order valence-corrected chi connectivity index (χ2v) is 13.6. The van der Waals surface area contributed by atoms with Crippen LogP contribution in [-0.4, -0.2) is 81.9 Å². The second kappa shape index (κ2) is 13.2. The number of anilines is 1. The number of hydrogen-bond acceptors (Lipinski definition) is 12. The summed E-state index contributed by atoms with van der Waals surface area (Å²) in [5.41, 5.74) is 5.70. The number of fused-ring (bicyclic) bond motifs is 2. The maximum Gasteiger partial charge on any atom is 0.353 e. The minimum absolute atomic E-state index is 0.119. The van der Waals surface area contributed by atoms with Crippen molar-refractivity contribution >= 4 is 86.6 Å². The molecule has 4 aromatic rings. The number of nitrogens with one attached hydrogen (secondary N) is 4. The van der Waals surface area contributed by atoms with E-state index in [1.54, 1.807) is 19.9 Å². The summed E-state index contributed by atoms with van der Waals surface area (Å²) >= 11 is 7.91. The molecule has 1 aromatic carbocycles. The maximum atomic E-state index is 13.9. The zero-order chi connectivity index (χ0) is 35.1. The zero-order valence-corrected chi connectivity index (χ0v) is 27.9. The third-order valence-electron chi connectivity index (χ3n) is 7.63. The van der Waals surface area contributed by atoms with Gasteiger partial charge in [-0.1, -0.05) is 35.7 Å². The Balaban J connectivity index is 1.27. The van der Waals surface area contributed by atoms with E-state index >= 15 is 0 Å². The third-order valence-corrected chi connectivity index (χ3v) is 10.3. The number of amides is 5. The number of carbonyl (C=O) groups is 5. The number of thiocarbonyl (C=S) groups is 1. The van der Waals surface area contributed by atoms with Crippen LogP contribution in [-0.2, 0) is 14.4 Å². The Morgan fingerprint density at radius 3 is 2.49 bits per heavy atom. The number of β-lactam (4-membered cyclic amide) rings is 1. The molecule has 16 nitrogen and oxygen atoms in total. The number of nitrogens with zero attached hydrogens (tertiary/aromatic N) is 4. The number of thioether (sulfide) groups is 1. The molecule has 2 aliphatic heterocycles. The quantitative estimate of drug-likeness (QED) is 0.0820. The lowest BCUT2D eigenvalue weighted by Crippen LogP contribution is -2.71. The number of primary amides is 1. The average Bonchev–Trinajstić information content (AvgIpc) is 3.51. The fourth-order valence-electron chi connectivity index (χ4n) is 5.33. The Kier molecular flexibility index (Phi) is 8.97. The van der Waals surface area contributed by atoms with Crippen LogP contribution in [0.1, 0.15) is 37.7 Å². The lowest BCUT2D eigenvalue weighted by Gasteiger charge is -2.49. The first-order valence-electron chi connectivity index (χ1n) is 14.4. The number of aryl methyl sites for hydroxylation is 2. The standard InChI is InChI=1S/C30H25N9O7S3/c1-11-3-8-15-21(40)16(9-32-23(15)33-11)24(41)35-18(13-4-6-14(7-5-13)34-30(31)46)25(42)36-19-27(43)39-20(29(44)45)17(10-48-28(19)39)22(47)26-38-37-12(2)49-26/h3-9,18-19,28H,10H2,1-2H3,(H,35,41)(H,36,42)(H,44,45)(H3,31,34,46)(H,32,33,40)/t18?,19?,28-/m0/s1. The summed E-state index contributed by atoms with van der Waals surface area (Å²) in [6.07, 6.45) is 1.19. The molecule has 3 aromatic heterocycles. The lowest BCUT2D eigenvalue weighted by atomic mass is 9.99. The summed E-state index contributed by atoms with van der Waals surface area (Å²) in [6, 6.07) is 5.55. The molecule has 7 N–H and O–H groups in total. The minimum atomic E-state index is -1.44.